The first-order valence-electron chi connectivity index (χ1n) is 6.77. The lowest BCUT2D eigenvalue weighted by molar-refractivity contribution is 0.756. The number of nitrogens with zero attached hydrogens (tertiary/aromatic N) is 4. The smallest absolute Gasteiger partial charge is 0.188 e. The molecule has 5 heteroatoms. The van der Waals surface area contributed by atoms with Crippen molar-refractivity contribution in [3.8, 4) is 5.69 Å². The number of aromatic nitrogens is 4. The maximum atomic E-state index is 4.12. The molecule has 0 aliphatic heterocycles. The van der Waals surface area contributed by atoms with E-state index in [2.05, 4.69) is 65.8 Å². The highest BCUT2D eigenvalue weighted by atomic mass is 32.2. The molecule has 0 atom stereocenters. The third-order valence-electron chi connectivity index (χ3n) is 3.34. The van der Waals surface area contributed by atoms with E-state index < -0.39 is 0 Å². The van der Waals surface area contributed by atoms with Crippen LogP contribution in [0.2, 0.25) is 0 Å². The second-order valence-electron chi connectivity index (χ2n) is 4.92. The zero-order valence-electron chi connectivity index (χ0n) is 12.0. The van der Waals surface area contributed by atoms with Crippen molar-refractivity contribution in [2.75, 3.05) is 0 Å². The molecule has 0 N–H and O–H groups in total. The largest absolute Gasteiger partial charge is 0.214 e. The third-order valence-corrected chi connectivity index (χ3v) is 4.31. The summed E-state index contributed by atoms with van der Waals surface area (Å²) in [6.07, 6.45) is 0. The minimum atomic E-state index is 0.808. The Morgan fingerprint density at radius 1 is 1.00 bits per heavy atom. The quantitative estimate of drug-likeness (QED) is 0.690. The van der Waals surface area contributed by atoms with Crippen LogP contribution >= 0.6 is 11.8 Å². The Balaban J connectivity index is 1.80. The van der Waals surface area contributed by atoms with Gasteiger partial charge in [0.2, 0.25) is 5.16 Å². The average Bonchev–Trinajstić information content (AvgIpc) is 2.96. The molecule has 1 heterocycles. The first-order valence-corrected chi connectivity index (χ1v) is 7.75. The highest BCUT2D eigenvalue weighted by molar-refractivity contribution is 7.98. The predicted molar refractivity (Wildman–Crippen MR) is 84.6 cm³/mol. The van der Waals surface area contributed by atoms with Gasteiger partial charge in [-0.05, 0) is 47.5 Å². The van der Waals surface area contributed by atoms with Crippen molar-refractivity contribution in [1.82, 2.24) is 20.2 Å². The molecular weight excluding hydrogens is 280 g/mol. The van der Waals surface area contributed by atoms with Gasteiger partial charge in [-0.15, -0.1) is 5.10 Å². The minimum absolute atomic E-state index is 0.808. The Bertz CT molecular complexity index is 734. The van der Waals surface area contributed by atoms with Crippen molar-refractivity contribution >= 4 is 11.8 Å². The third kappa shape index (κ3) is 3.13. The monoisotopic (exact) mass is 296 g/mol. The Morgan fingerprint density at radius 3 is 2.52 bits per heavy atom. The van der Waals surface area contributed by atoms with Crippen LogP contribution in [0.25, 0.3) is 5.69 Å². The maximum absolute atomic E-state index is 4.12. The summed E-state index contributed by atoms with van der Waals surface area (Å²) >= 11 is 1.65. The molecule has 0 aliphatic carbocycles. The average molecular weight is 296 g/mol. The molecule has 0 aliphatic rings. The number of rotatable bonds is 4. The van der Waals surface area contributed by atoms with Crippen molar-refractivity contribution in [1.29, 1.82) is 0 Å². The van der Waals surface area contributed by atoms with Gasteiger partial charge >= 0.3 is 0 Å². The van der Waals surface area contributed by atoms with Crippen LogP contribution in [-0.2, 0) is 5.75 Å². The molecular formula is C16H16N4S. The Kier molecular flexibility index (Phi) is 4.01. The topological polar surface area (TPSA) is 43.6 Å². The molecule has 0 saturated carbocycles. The fourth-order valence-corrected chi connectivity index (χ4v) is 3.00. The molecule has 3 aromatic rings. The van der Waals surface area contributed by atoms with Crippen LogP contribution in [0.1, 0.15) is 16.7 Å². The first kappa shape index (κ1) is 13.8. The van der Waals surface area contributed by atoms with E-state index in [1.807, 2.05) is 12.1 Å². The van der Waals surface area contributed by atoms with E-state index in [-0.39, 0.29) is 0 Å². The van der Waals surface area contributed by atoms with Gasteiger partial charge in [-0.25, -0.2) is 0 Å². The van der Waals surface area contributed by atoms with Gasteiger partial charge in [-0.2, -0.15) is 4.68 Å². The second kappa shape index (κ2) is 6.10. The molecule has 0 unspecified atom stereocenters. The van der Waals surface area contributed by atoms with Crippen LogP contribution in [0.4, 0.5) is 0 Å². The molecule has 21 heavy (non-hydrogen) atoms. The zero-order valence-corrected chi connectivity index (χ0v) is 12.8. The van der Waals surface area contributed by atoms with E-state index in [1.165, 1.54) is 16.7 Å². The minimum Gasteiger partial charge on any atom is -0.188 e. The summed E-state index contributed by atoms with van der Waals surface area (Å²) in [5.74, 6) is 0.860. The normalized spacial score (nSPS) is 10.8. The molecule has 0 bridgehead atoms. The SMILES string of the molecule is Cc1ccc(-n2nnnc2SCc2ccccc2C)cc1. The summed E-state index contributed by atoms with van der Waals surface area (Å²) in [5.41, 5.74) is 4.80. The van der Waals surface area contributed by atoms with Gasteiger partial charge < -0.3 is 0 Å². The van der Waals surface area contributed by atoms with Crippen LogP contribution in [0.3, 0.4) is 0 Å². The number of tetrazole rings is 1. The van der Waals surface area contributed by atoms with E-state index in [1.54, 1.807) is 16.4 Å². The van der Waals surface area contributed by atoms with Crippen molar-refractivity contribution in [3.63, 3.8) is 0 Å². The number of hydrogen-bond acceptors (Lipinski definition) is 4. The van der Waals surface area contributed by atoms with Crippen molar-refractivity contribution in [2.24, 2.45) is 0 Å². The Labute approximate surface area is 128 Å². The zero-order chi connectivity index (χ0) is 14.7. The molecule has 0 saturated heterocycles. The van der Waals surface area contributed by atoms with Crippen LogP contribution in [0, 0.1) is 13.8 Å². The predicted octanol–water partition coefficient (Wildman–Crippen LogP) is 3.57. The molecule has 106 valence electrons. The molecule has 0 spiro atoms. The van der Waals surface area contributed by atoms with Crippen LogP contribution in [0.5, 0.6) is 0 Å². The van der Waals surface area contributed by atoms with E-state index in [0.717, 1.165) is 16.6 Å². The number of thioether (sulfide) groups is 1. The number of aryl methyl sites for hydroxylation is 2. The summed E-state index contributed by atoms with van der Waals surface area (Å²) in [7, 11) is 0. The van der Waals surface area contributed by atoms with Gasteiger partial charge in [0, 0.05) is 5.75 Å². The van der Waals surface area contributed by atoms with Gasteiger partial charge in [0.15, 0.2) is 0 Å². The lowest BCUT2D eigenvalue weighted by Crippen LogP contribution is -1.99. The lowest BCUT2D eigenvalue weighted by Gasteiger charge is -2.06. The fourth-order valence-electron chi connectivity index (χ4n) is 2.03. The van der Waals surface area contributed by atoms with E-state index in [4.69, 9.17) is 0 Å². The van der Waals surface area contributed by atoms with Gasteiger partial charge in [0.05, 0.1) is 5.69 Å². The lowest BCUT2D eigenvalue weighted by atomic mass is 10.1. The summed E-state index contributed by atoms with van der Waals surface area (Å²) in [5, 5.41) is 12.8. The van der Waals surface area contributed by atoms with E-state index >= 15 is 0 Å². The van der Waals surface area contributed by atoms with Gasteiger partial charge in [-0.3, -0.25) is 0 Å². The van der Waals surface area contributed by atoms with Crippen LogP contribution < -0.4 is 0 Å². The molecule has 2 aromatic carbocycles. The molecule has 3 rings (SSSR count). The number of hydrogen-bond donors (Lipinski definition) is 0. The van der Waals surface area contributed by atoms with Crippen molar-refractivity contribution in [2.45, 2.75) is 24.8 Å². The van der Waals surface area contributed by atoms with Crippen LogP contribution in [-0.4, -0.2) is 20.2 Å². The molecule has 1 aromatic heterocycles. The van der Waals surface area contributed by atoms with E-state index in [0.29, 0.717) is 0 Å². The Morgan fingerprint density at radius 2 is 1.76 bits per heavy atom. The van der Waals surface area contributed by atoms with Gasteiger partial charge in [-0.1, -0.05) is 53.7 Å². The highest BCUT2D eigenvalue weighted by Gasteiger charge is 2.09. The number of benzene rings is 2. The summed E-state index contributed by atoms with van der Waals surface area (Å²) < 4.78 is 1.78. The standard InChI is InChI=1S/C16H16N4S/c1-12-7-9-15(10-8-12)20-16(17-18-19-20)21-11-14-6-4-3-5-13(14)2/h3-10H,11H2,1-2H3. The van der Waals surface area contributed by atoms with Crippen LogP contribution in [0.15, 0.2) is 53.7 Å². The van der Waals surface area contributed by atoms with E-state index in [9.17, 15) is 0 Å². The van der Waals surface area contributed by atoms with Crippen molar-refractivity contribution < 1.29 is 0 Å². The first-order chi connectivity index (χ1) is 10.2. The molecule has 0 amide bonds. The second-order valence-corrected chi connectivity index (χ2v) is 5.87. The molecule has 0 radical (unpaired) electrons. The van der Waals surface area contributed by atoms with Gasteiger partial charge in [0.25, 0.3) is 0 Å². The Hall–Kier alpha value is -2.14. The van der Waals surface area contributed by atoms with Gasteiger partial charge in [0.1, 0.15) is 0 Å². The summed E-state index contributed by atoms with van der Waals surface area (Å²) in [4.78, 5) is 0. The highest BCUT2D eigenvalue weighted by Crippen LogP contribution is 2.23. The maximum Gasteiger partial charge on any atom is 0.214 e. The summed E-state index contributed by atoms with van der Waals surface area (Å²) in [6.45, 7) is 4.19. The molecule has 4 nitrogen and oxygen atoms in total. The fraction of sp³-hybridized carbons (Fsp3) is 0.188. The molecule has 0 fully saturated rings. The van der Waals surface area contributed by atoms with Crippen molar-refractivity contribution in [3.05, 3.63) is 65.2 Å². The summed E-state index contributed by atoms with van der Waals surface area (Å²) in [6, 6.07) is 16.6.